The predicted molar refractivity (Wildman–Crippen MR) is 90.6 cm³/mol. The molecule has 144 valence electrons. The minimum atomic E-state index is -4.55. The second-order valence-electron chi connectivity index (χ2n) is 6.17. The molecule has 0 bridgehead atoms. The van der Waals surface area contributed by atoms with E-state index in [-0.39, 0.29) is 35.3 Å². The second kappa shape index (κ2) is 7.18. The molecule has 1 amide bonds. The van der Waals surface area contributed by atoms with Crippen LogP contribution >= 0.6 is 11.6 Å². The number of rotatable bonds is 6. The molecule has 1 saturated carbocycles. The first-order valence-corrected chi connectivity index (χ1v) is 8.41. The average Bonchev–Trinajstić information content (AvgIpc) is 3.32. The molecule has 0 unspecified atom stereocenters. The number of anilines is 1. The lowest BCUT2D eigenvalue weighted by molar-refractivity contribution is -0.383. The Bertz CT molecular complexity index is 894. The van der Waals surface area contributed by atoms with Crippen LogP contribution < -0.4 is 5.32 Å². The summed E-state index contributed by atoms with van der Waals surface area (Å²) in [6.45, 7) is -0.0604. The summed E-state index contributed by atoms with van der Waals surface area (Å²) < 4.78 is 39.8. The van der Waals surface area contributed by atoms with E-state index in [1.54, 1.807) is 0 Å². The van der Waals surface area contributed by atoms with Gasteiger partial charge in [0.15, 0.2) is 5.69 Å². The van der Waals surface area contributed by atoms with E-state index in [0.717, 1.165) is 25.0 Å². The van der Waals surface area contributed by atoms with E-state index in [1.807, 2.05) is 0 Å². The molecule has 1 aliphatic carbocycles. The fourth-order valence-corrected chi connectivity index (χ4v) is 2.80. The molecule has 1 aromatic carbocycles. The maximum Gasteiger partial charge on any atom is 0.435 e. The lowest BCUT2D eigenvalue weighted by atomic mass is 10.2. The Morgan fingerprint density at radius 2 is 2.07 bits per heavy atom. The molecule has 0 saturated heterocycles. The number of halogens is 4. The van der Waals surface area contributed by atoms with E-state index in [2.05, 4.69) is 10.4 Å². The van der Waals surface area contributed by atoms with Gasteiger partial charge in [-0.15, -0.1) is 0 Å². The lowest BCUT2D eigenvalue weighted by Gasteiger charge is -2.08. The van der Waals surface area contributed by atoms with Crippen molar-refractivity contribution >= 4 is 28.9 Å². The van der Waals surface area contributed by atoms with Crippen LogP contribution in [-0.2, 0) is 17.5 Å². The second-order valence-corrected chi connectivity index (χ2v) is 6.60. The molecule has 1 heterocycles. The number of alkyl halides is 3. The molecule has 1 N–H and O–H groups in total. The number of nitrogens with one attached hydrogen (secondary N) is 1. The van der Waals surface area contributed by atoms with Gasteiger partial charge in [-0.25, -0.2) is 0 Å². The Kier molecular flexibility index (Phi) is 5.09. The quantitative estimate of drug-likeness (QED) is 0.573. The molecule has 1 fully saturated rings. The van der Waals surface area contributed by atoms with Crippen LogP contribution in [0.25, 0.3) is 0 Å². The van der Waals surface area contributed by atoms with E-state index in [0.29, 0.717) is 5.69 Å². The summed E-state index contributed by atoms with van der Waals surface area (Å²) in [6, 6.07) is 4.80. The standard InChI is InChI=1S/C16H14ClF3N4O3/c17-10-3-4-11(13(7-10)24(26)27)21-15(25)5-6-23-12(9-1-2-9)8-14(22-23)16(18,19)20/h3-4,7-9H,1-2,5-6H2,(H,21,25). The Morgan fingerprint density at radius 3 is 2.67 bits per heavy atom. The first-order valence-electron chi connectivity index (χ1n) is 8.04. The smallest absolute Gasteiger partial charge is 0.320 e. The van der Waals surface area contributed by atoms with Crippen LogP contribution in [-0.4, -0.2) is 20.6 Å². The van der Waals surface area contributed by atoms with Gasteiger partial charge in [0.05, 0.1) is 4.92 Å². The molecular formula is C16H14ClF3N4O3. The molecule has 1 aromatic heterocycles. The Morgan fingerprint density at radius 1 is 1.37 bits per heavy atom. The van der Waals surface area contributed by atoms with Gasteiger partial charge < -0.3 is 5.32 Å². The topological polar surface area (TPSA) is 90.1 Å². The Hall–Kier alpha value is -2.62. The number of amides is 1. The summed E-state index contributed by atoms with van der Waals surface area (Å²) in [7, 11) is 0. The fraction of sp³-hybridized carbons (Fsp3) is 0.375. The third-order valence-corrected chi connectivity index (χ3v) is 4.31. The zero-order chi connectivity index (χ0) is 19.8. The highest BCUT2D eigenvalue weighted by Crippen LogP contribution is 2.42. The molecule has 0 aliphatic heterocycles. The normalized spacial score (nSPS) is 14.2. The zero-order valence-electron chi connectivity index (χ0n) is 13.8. The maximum absolute atomic E-state index is 12.9. The SMILES string of the molecule is O=C(CCn1nc(C(F)(F)F)cc1C1CC1)Nc1ccc(Cl)cc1[N+](=O)[O-]. The summed E-state index contributed by atoms with van der Waals surface area (Å²) >= 11 is 5.71. The van der Waals surface area contributed by atoms with E-state index in [4.69, 9.17) is 11.6 Å². The highest BCUT2D eigenvalue weighted by Gasteiger charge is 2.37. The van der Waals surface area contributed by atoms with Gasteiger partial charge >= 0.3 is 6.18 Å². The molecule has 11 heteroatoms. The van der Waals surface area contributed by atoms with Crippen molar-refractivity contribution in [3.05, 3.63) is 50.8 Å². The minimum absolute atomic E-state index is 0.0222. The maximum atomic E-state index is 12.9. The Labute approximate surface area is 156 Å². The van der Waals surface area contributed by atoms with Crippen LogP contribution in [0.5, 0.6) is 0 Å². The largest absolute Gasteiger partial charge is 0.435 e. The van der Waals surface area contributed by atoms with Crippen LogP contribution in [0.1, 0.15) is 36.6 Å². The highest BCUT2D eigenvalue weighted by atomic mass is 35.5. The van der Waals surface area contributed by atoms with Gasteiger partial charge in [-0.05, 0) is 31.0 Å². The predicted octanol–water partition coefficient (Wildman–Crippen LogP) is 4.37. The number of aryl methyl sites for hydroxylation is 1. The van der Waals surface area contributed by atoms with Crippen molar-refractivity contribution in [2.75, 3.05) is 5.32 Å². The molecule has 3 rings (SSSR count). The molecular weight excluding hydrogens is 389 g/mol. The fourth-order valence-electron chi connectivity index (χ4n) is 2.64. The van der Waals surface area contributed by atoms with Crippen LogP contribution in [0.3, 0.4) is 0 Å². The van der Waals surface area contributed by atoms with E-state index >= 15 is 0 Å². The molecule has 7 nitrogen and oxygen atoms in total. The van der Waals surface area contributed by atoms with Crippen molar-refractivity contribution < 1.29 is 22.9 Å². The van der Waals surface area contributed by atoms with Gasteiger partial charge in [-0.2, -0.15) is 18.3 Å². The van der Waals surface area contributed by atoms with Gasteiger partial charge in [0.2, 0.25) is 5.91 Å². The van der Waals surface area contributed by atoms with Crippen molar-refractivity contribution in [3.63, 3.8) is 0 Å². The van der Waals surface area contributed by atoms with Gasteiger partial charge in [-0.3, -0.25) is 19.6 Å². The van der Waals surface area contributed by atoms with Crippen LogP contribution in [0.2, 0.25) is 5.02 Å². The number of hydrogen-bond acceptors (Lipinski definition) is 4. The summed E-state index contributed by atoms with van der Waals surface area (Å²) in [6.07, 6.45) is -3.17. The number of nitrogens with zero attached hydrogens (tertiary/aromatic N) is 3. The first kappa shape index (κ1) is 19.2. The molecule has 27 heavy (non-hydrogen) atoms. The van der Waals surface area contributed by atoms with Crippen molar-refractivity contribution in [2.45, 2.75) is 37.9 Å². The lowest BCUT2D eigenvalue weighted by Crippen LogP contribution is -2.17. The minimum Gasteiger partial charge on any atom is -0.320 e. The average molecular weight is 403 g/mol. The van der Waals surface area contributed by atoms with Crippen molar-refractivity contribution in [3.8, 4) is 0 Å². The van der Waals surface area contributed by atoms with Crippen molar-refractivity contribution in [1.29, 1.82) is 0 Å². The number of nitro groups is 1. The van der Waals surface area contributed by atoms with E-state index in [9.17, 15) is 28.1 Å². The summed E-state index contributed by atoms with van der Waals surface area (Å²) in [5.41, 5.74) is -0.938. The third kappa shape index (κ3) is 4.57. The summed E-state index contributed by atoms with van der Waals surface area (Å²) in [5.74, 6) is -0.555. The van der Waals surface area contributed by atoms with Crippen LogP contribution in [0, 0.1) is 10.1 Å². The highest BCUT2D eigenvalue weighted by molar-refractivity contribution is 6.31. The third-order valence-electron chi connectivity index (χ3n) is 4.08. The zero-order valence-corrected chi connectivity index (χ0v) is 14.5. The van der Waals surface area contributed by atoms with E-state index < -0.39 is 22.7 Å². The molecule has 1 aliphatic rings. The number of aromatic nitrogens is 2. The molecule has 0 atom stereocenters. The van der Waals surface area contributed by atoms with Gasteiger partial charge in [0.25, 0.3) is 5.69 Å². The van der Waals surface area contributed by atoms with Gasteiger partial charge in [0.1, 0.15) is 5.69 Å². The van der Waals surface area contributed by atoms with Gasteiger partial charge in [0, 0.05) is 35.7 Å². The number of carbonyl (C=O) groups is 1. The number of benzene rings is 1. The number of carbonyl (C=O) groups excluding carboxylic acids is 1. The van der Waals surface area contributed by atoms with Crippen LogP contribution in [0.15, 0.2) is 24.3 Å². The molecule has 2 aromatic rings. The van der Waals surface area contributed by atoms with Crippen molar-refractivity contribution in [1.82, 2.24) is 9.78 Å². The summed E-state index contributed by atoms with van der Waals surface area (Å²) in [5, 5.41) is 17.1. The molecule has 0 spiro atoms. The first-order chi connectivity index (χ1) is 12.6. The van der Waals surface area contributed by atoms with Crippen molar-refractivity contribution in [2.24, 2.45) is 0 Å². The summed E-state index contributed by atoms with van der Waals surface area (Å²) in [4.78, 5) is 22.5. The number of nitro benzene ring substituents is 1. The van der Waals surface area contributed by atoms with E-state index in [1.165, 1.54) is 16.8 Å². The monoisotopic (exact) mass is 402 g/mol. The van der Waals surface area contributed by atoms with Gasteiger partial charge in [-0.1, -0.05) is 11.6 Å². The Balaban J connectivity index is 1.70. The number of hydrogen-bond donors (Lipinski definition) is 1. The molecule has 0 radical (unpaired) electrons. The van der Waals surface area contributed by atoms with Crippen LogP contribution in [0.4, 0.5) is 24.5 Å².